The monoisotopic (exact) mass is 255 g/mol. The molecule has 0 bridgehead atoms. The van der Waals surface area contributed by atoms with Crippen LogP contribution in [0.4, 0.5) is 0 Å². The molecule has 96 valence electrons. The summed E-state index contributed by atoms with van der Waals surface area (Å²) in [4.78, 5) is 6.84. The highest BCUT2D eigenvalue weighted by Gasteiger charge is 2.25. The van der Waals surface area contributed by atoms with Crippen LogP contribution in [0, 0.1) is 6.92 Å². The third-order valence-corrected chi connectivity index (χ3v) is 4.17. The second kappa shape index (κ2) is 5.91. The zero-order valence-corrected chi connectivity index (χ0v) is 11.4. The summed E-state index contributed by atoms with van der Waals surface area (Å²) in [5.74, 6) is 0. The van der Waals surface area contributed by atoms with E-state index in [2.05, 4.69) is 22.2 Å². The molecule has 1 aliphatic rings. The zero-order chi connectivity index (χ0) is 12.3. The van der Waals surface area contributed by atoms with Crippen molar-refractivity contribution in [1.82, 2.24) is 9.88 Å². The second-order valence-corrected chi connectivity index (χ2v) is 5.50. The number of likely N-dealkylation sites (N-methyl/N-ethyl adjacent to an activating group) is 1. The number of hydrogen-bond acceptors (Lipinski definition) is 5. The fourth-order valence-corrected chi connectivity index (χ4v) is 2.95. The van der Waals surface area contributed by atoms with Crippen LogP contribution in [0.5, 0.6) is 0 Å². The van der Waals surface area contributed by atoms with Gasteiger partial charge < -0.3 is 10.5 Å². The Morgan fingerprint density at radius 2 is 2.53 bits per heavy atom. The zero-order valence-electron chi connectivity index (χ0n) is 10.6. The maximum absolute atomic E-state index is 6.22. The van der Waals surface area contributed by atoms with E-state index in [9.17, 15) is 0 Å². The third kappa shape index (κ3) is 3.48. The minimum atomic E-state index is 0.0508. The van der Waals surface area contributed by atoms with Gasteiger partial charge in [-0.05, 0) is 13.5 Å². The van der Waals surface area contributed by atoms with Crippen molar-refractivity contribution in [2.45, 2.75) is 32.4 Å². The van der Waals surface area contributed by atoms with Gasteiger partial charge in [0.05, 0.1) is 17.7 Å². The van der Waals surface area contributed by atoms with Crippen LogP contribution in [0.15, 0.2) is 5.38 Å². The summed E-state index contributed by atoms with van der Waals surface area (Å²) < 4.78 is 5.76. The molecule has 2 N–H and O–H groups in total. The standard InChI is InChI=1S/C12H21N3OS/c1-3-15-4-5-16-11(7-15)10(13)6-12-14-9(2)8-17-12/h8,10-11H,3-7,13H2,1-2H3. The largest absolute Gasteiger partial charge is 0.374 e. The molecule has 1 aromatic rings. The lowest BCUT2D eigenvalue weighted by atomic mass is 10.1. The van der Waals surface area contributed by atoms with Gasteiger partial charge in [0.15, 0.2) is 0 Å². The van der Waals surface area contributed by atoms with Gasteiger partial charge in [-0.3, -0.25) is 4.90 Å². The van der Waals surface area contributed by atoms with Crippen molar-refractivity contribution in [2.75, 3.05) is 26.2 Å². The van der Waals surface area contributed by atoms with Crippen LogP contribution in [0.2, 0.25) is 0 Å². The molecule has 2 rings (SSSR count). The van der Waals surface area contributed by atoms with Gasteiger partial charge in [-0.25, -0.2) is 4.98 Å². The SMILES string of the molecule is CCN1CCOC(C(N)Cc2nc(C)cs2)C1. The molecule has 17 heavy (non-hydrogen) atoms. The Bertz CT molecular complexity index is 355. The van der Waals surface area contributed by atoms with Crippen LogP contribution in [-0.4, -0.2) is 48.3 Å². The van der Waals surface area contributed by atoms with Crippen LogP contribution in [0.25, 0.3) is 0 Å². The Balaban J connectivity index is 1.88. The van der Waals surface area contributed by atoms with E-state index in [1.54, 1.807) is 11.3 Å². The van der Waals surface area contributed by atoms with E-state index in [1.165, 1.54) is 0 Å². The number of nitrogens with two attached hydrogens (primary N) is 1. The maximum atomic E-state index is 6.22. The van der Waals surface area contributed by atoms with Gasteiger partial charge in [0.25, 0.3) is 0 Å². The number of hydrogen-bond donors (Lipinski definition) is 1. The van der Waals surface area contributed by atoms with E-state index < -0.39 is 0 Å². The summed E-state index contributed by atoms with van der Waals surface area (Å²) >= 11 is 1.69. The number of ether oxygens (including phenoxy) is 1. The lowest BCUT2D eigenvalue weighted by molar-refractivity contribution is -0.0385. The summed E-state index contributed by atoms with van der Waals surface area (Å²) in [7, 11) is 0. The van der Waals surface area contributed by atoms with E-state index in [1.807, 2.05) is 6.92 Å². The van der Waals surface area contributed by atoms with Crippen molar-refractivity contribution in [3.05, 3.63) is 16.1 Å². The Morgan fingerprint density at radius 1 is 1.71 bits per heavy atom. The molecule has 5 heteroatoms. The van der Waals surface area contributed by atoms with Crippen LogP contribution >= 0.6 is 11.3 Å². The van der Waals surface area contributed by atoms with Gasteiger partial charge in [0.2, 0.25) is 0 Å². The summed E-state index contributed by atoms with van der Waals surface area (Å²) in [5, 5.41) is 3.19. The van der Waals surface area contributed by atoms with Gasteiger partial charge in [0.1, 0.15) is 0 Å². The summed E-state index contributed by atoms with van der Waals surface area (Å²) in [6.07, 6.45) is 0.966. The minimum absolute atomic E-state index is 0.0508. The van der Waals surface area contributed by atoms with E-state index >= 15 is 0 Å². The first-order chi connectivity index (χ1) is 8.19. The lowest BCUT2D eigenvalue weighted by Crippen LogP contribution is -2.51. The van der Waals surface area contributed by atoms with E-state index in [4.69, 9.17) is 10.5 Å². The van der Waals surface area contributed by atoms with Gasteiger partial charge in [-0.15, -0.1) is 11.3 Å². The molecule has 2 unspecified atom stereocenters. The van der Waals surface area contributed by atoms with Crippen molar-refractivity contribution >= 4 is 11.3 Å². The molecular formula is C12H21N3OS. The molecular weight excluding hydrogens is 234 g/mol. The van der Waals surface area contributed by atoms with Crippen LogP contribution < -0.4 is 5.73 Å². The molecule has 1 aromatic heterocycles. The number of morpholine rings is 1. The van der Waals surface area contributed by atoms with Crippen molar-refractivity contribution in [3.8, 4) is 0 Å². The highest BCUT2D eigenvalue weighted by molar-refractivity contribution is 7.09. The Hall–Kier alpha value is -0.490. The summed E-state index contributed by atoms with van der Waals surface area (Å²) in [6, 6.07) is 0.0508. The molecule has 0 spiro atoms. The third-order valence-electron chi connectivity index (χ3n) is 3.18. The van der Waals surface area contributed by atoms with Crippen molar-refractivity contribution in [2.24, 2.45) is 5.73 Å². The van der Waals surface area contributed by atoms with Gasteiger partial charge in [-0.1, -0.05) is 6.92 Å². The molecule has 0 radical (unpaired) electrons. The molecule has 2 atom stereocenters. The van der Waals surface area contributed by atoms with Crippen molar-refractivity contribution in [1.29, 1.82) is 0 Å². The Morgan fingerprint density at radius 3 is 3.18 bits per heavy atom. The van der Waals surface area contributed by atoms with Crippen molar-refractivity contribution in [3.63, 3.8) is 0 Å². The maximum Gasteiger partial charge on any atom is 0.0944 e. The Labute approximate surface area is 107 Å². The fourth-order valence-electron chi connectivity index (χ4n) is 2.11. The Kier molecular flexibility index (Phi) is 4.50. The quantitative estimate of drug-likeness (QED) is 0.873. The van der Waals surface area contributed by atoms with E-state index in [0.717, 1.165) is 43.4 Å². The molecule has 1 aliphatic heterocycles. The first-order valence-electron chi connectivity index (χ1n) is 6.19. The molecule has 0 aliphatic carbocycles. The summed E-state index contributed by atoms with van der Waals surface area (Å²) in [6.45, 7) is 8.03. The smallest absolute Gasteiger partial charge is 0.0944 e. The molecule has 1 fully saturated rings. The summed E-state index contributed by atoms with van der Waals surface area (Å²) in [5.41, 5.74) is 7.30. The molecule has 1 saturated heterocycles. The molecule has 0 saturated carbocycles. The minimum Gasteiger partial charge on any atom is -0.374 e. The number of nitrogens with zero attached hydrogens (tertiary/aromatic N) is 2. The number of thiazole rings is 1. The molecule has 2 heterocycles. The highest BCUT2D eigenvalue weighted by Crippen LogP contribution is 2.15. The van der Waals surface area contributed by atoms with Gasteiger partial charge >= 0.3 is 0 Å². The number of aromatic nitrogens is 1. The average molecular weight is 255 g/mol. The van der Waals surface area contributed by atoms with E-state index in [0.29, 0.717) is 0 Å². The predicted octanol–water partition coefficient (Wildman–Crippen LogP) is 1.04. The molecule has 4 nitrogen and oxygen atoms in total. The first-order valence-corrected chi connectivity index (χ1v) is 7.07. The fraction of sp³-hybridized carbons (Fsp3) is 0.750. The van der Waals surface area contributed by atoms with Crippen LogP contribution in [-0.2, 0) is 11.2 Å². The van der Waals surface area contributed by atoms with Crippen molar-refractivity contribution < 1.29 is 4.74 Å². The van der Waals surface area contributed by atoms with Crippen LogP contribution in [0.3, 0.4) is 0 Å². The normalized spacial score (nSPS) is 23.8. The highest BCUT2D eigenvalue weighted by atomic mass is 32.1. The number of rotatable bonds is 4. The van der Waals surface area contributed by atoms with Gasteiger partial charge in [0, 0.05) is 36.6 Å². The predicted molar refractivity (Wildman–Crippen MR) is 70.4 cm³/mol. The topological polar surface area (TPSA) is 51.4 Å². The molecule has 0 aromatic carbocycles. The number of aryl methyl sites for hydroxylation is 1. The van der Waals surface area contributed by atoms with E-state index in [-0.39, 0.29) is 12.1 Å². The van der Waals surface area contributed by atoms with Crippen LogP contribution in [0.1, 0.15) is 17.6 Å². The van der Waals surface area contributed by atoms with Gasteiger partial charge in [-0.2, -0.15) is 0 Å². The lowest BCUT2D eigenvalue weighted by Gasteiger charge is -2.34. The average Bonchev–Trinajstić information content (AvgIpc) is 2.75. The molecule has 0 amide bonds. The first kappa shape index (κ1) is 13.0. The second-order valence-electron chi connectivity index (χ2n) is 4.55.